The average Bonchev–Trinajstić information content (AvgIpc) is 2.47. The summed E-state index contributed by atoms with van der Waals surface area (Å²) in [5.41, 5.74) is 3.51. The molecule has 2 rings (SSSR count). The van der Waals surface area contributed by atoms with Crippen molar-refractivity contribution in [3.63, 3.8) is 0 Å². The Labute approximate surface area is 273 Å². The first-order valence-corrected chi connectivity index (χ1v) is 4.87. The number of para-hydroxylation sites is 1. The van der Waals surface area contributed by atoms with Crippen LogP contribution < -0.4 is 4.98 Å². The molecule has 0 aliphatic rings. The van der Waals surface area contributed by atoms with E-state index in [1.54, 1.807) is 0 Å². The van der Waals surface area contributed by atoms with Crippen LogP contribution >= 0.6 is 0 Å². The van der Waals surface area contributed by atoms with Gasteiger partial charge in [0.1, 0.15) is 0 Å². The molecule has 0 fully saturated rings. The van der Waals surface area contributed by atoms with Gasteiger partial charge in [0, 0.05) is 196 Å². The third-order valence-electron chi connectivity index (χ3n) is 2.54. The van der Waals surface area contributed by atoms with Gasteiger partial charge in [-0.3, -0.25) is 0 Å². The summed E-state index contributed by atoms with van der Waals surface area (Å²) >= 11 is 0. The Hall–Kier alpha value is 5.25. The van der Waals surface area contributed by atoms with Crippen molar-refractivity contribution in [2.45, 2.75) is 26.2 Å². The molecule has 0 saturated carbocycles. The van der Waals surface area contributed by atoms with Crippen LogP contribution in [0.15, 0.2) is 24.4 Å². The number of fused-ring (bicyclic) bond motifs is 1. The molecule has 0 amide bonds. The average molecular weight is 719 g/mol. The maximum atomic E-state index is 4.42. The molecule has 1 nitrogen and oxygen atoms in total. The fourth-order valence-corrected chi connectivity index (χ4v) is 1.76. The molecule has 0 aliphatic carbocycles. The van der Waals surface area contributed by atoms with E-state index in [1.165, 1.54) is 10.9 Å². The zero-order valence-corrected chi connectivity index (χ0v) is 29.5. The summed E-state index contributed by atoms with van der Waals surface area (Å²) in [5, 5.41) is 1.24. The summed E-state index contributed by atoms with van der Waals surface area (Å²) in [6.07, 6.45) is 1.97. The first-order valence-electron chi connectivity index (χ1n) is 4.87. The Balaban J connectivity index is -0.000000125. The molecule has 2 aromatic rings. The van der Waals surface area contributed by atoms with Gasteiger partial charge in [-0.15, -0.1) is 6.07 Å². The van der Waals surface area contributed by atoms with Crippen LogP contribution in [0.5, 0.6) is 0 Å². The SMILES string of the molecule is [CH2-]c1cccc2c(C(C)(C)C)c[n-]c12.[Y].[Y].[Y].[Y].[Y].[Y]. The maximum Gasteiger partial charge on any atom is 0 e. The van der Waals surface area contributed by atoms with Crippen LogP contribution in [0.25, 0.3) is 10.9 Å². The van der Waals surface area contributed by atoms with Gasteiger partial charge in [0.15, 0.2) is 0 Å². The first-order chi connectivity index (χ1) is 6.50. The quantitative estimate of drug-likeness (QED) is 0.382. The summed E-state index contributed by atoms with van der Waals surface area (Å²) in [7, 11) is 0. The number of hydrogen-bond donors (Lipinski definition) is 0. The fraction of sp³-hybridized carbons (Fsp3) is 0.308. The van der Waals surface area contributed by atoms with Crippen LogP contribution in [-0.4, -0.2) is 0 Å². The number of benzene rings is 1. The van der Waals surface area contributed by atoms with Crippen LogP contribution in [-0.2, 0) is 202 Å². The molecule has 1 aromatic carbocycles. The Kier molecular flexibility index (Phi) is 29.7. The van der Waals surface area contributed by atoms with Crippen LogP contribution in [0, 0.1) is 6.92 Å². The van der Waals surface area contributed by atoms with Crippen molar-refractivity contribution in [2.75, 3.05) is 0 Å². The molecule has 0 saturated heterocycles. The van der Waals surface area contributed by atoms with Crippen molar-refractivity contribution in [1.29, 1.82) is 0 Å². The molecule has 92 valence electrons. The van der Waals surface area contributed by atoms with Gasteiger partial charge in [0.25, 0.3) is 0 Å². The van der Waals surface area contributed by atoms with E-state index in [0.717, 1.165) is 11.1 Å². The van der Waals surface area contributed by atoms with Crippen molar-refractivity contribution in [1.82, 2.24) is 4.98 Å². The van der Waals surface area contributed by atoms with Gasteiger partial charge in [-0.05, 0) is 5.41 Å². The fourth-order valence-electron chi connectivity index (χ4n) is 1.76. The largest absolute Gasteiger partial charge is 0.721 e. The van der Waals surface area contributed by atoms with Gasteiger partial charge >= 0.3 is 0 Å². The summed E-state index contributed by atoms with van der Waals surface area (Å²) in [6.45, 7) is 10.6. The molecular formula is C13H15NY6-2. The second kappa shape index (κ2) is 16.4. The monoisotopic (exact) mass is 719 g/mol. The van der Waals surface area contributed by atoms with E-state index in [4.69, 9.17) is 0 Å². The first kappa shape index (κ1) is 36.2. The topological polar surface area (TPSA) is 14.1 Å². The van der Waals surface area contributed by atoms with Gasteiger partial charge in [-0.25, -0.2) is 18.0 Å². The molecule has 1 heterocycles. The molecular weight excluding hydrogens is 704 g/mol. The zero-order valence-electron chi connectivity index (χ0n) is 12.4. The maximum absolute atomic E-state index is 4.42. The van der Waals surface area contributed by atoms with Crippen molar-refractivity contribution in [2.24, 2.45) is 0 Å². The minimum Gasteiger partial charge on any atom is -0.721 e. The second-order valence-electron chi connectivity index (χ2n) is 4.74. The van der Waals surface area contributed by atoms with Crippen LogP contribution in [0.4, 0.5) is 0 Å². The summed E-state index contributed by atoms with van der Waals surface area (Å²) in [6, 6.07) is 6.17. The van der Waals surface area contributed by atoms with E-state index in [-0.39, 0.29) is 202 Å². The molecule has 0 atom stereocenters. The Bertz CT molecular complexity index is 475. The molecule has 0 aliphatic heterocycles. The van der Waals surface area contributed by atoms with Crippen molar-refractivity contribution < 1.29 is 196 Å². The third kappa shape index (κ3) is 9.81. The van der Waals surface area contributed by atoms with E-state index in [2.05, 4.69) is 38.7 Å². The number of rotatable bonds is 0. The third-order valence-corrected chi connectivity index (χ3v) is 2.54. The van der Waals surface area contributed by atoms with Gasteiger partial charge in [0.2, 0.25) is 0 Å². The molecule has 6 radical (unpaired) electrons. The van der Waals surface area contributed by atoms with Crippen LogP contribution in [0.2, 0.25) is 0 Å². The van der Waals surface area contributed by atoms with Gasteiger partial charge in [-0.2, -0.15) is 12.3 Å². The standard InChI is InChI=1S/C13H15N.6Y/c1-9-6-5-7-10-11(13(2,3)4)8-14-12(9)10;;;;;;/h5-8H,1H2,2-4H3;;;;;;/q-2;;;;;;. The Morgan fingerprint density at radius 2 is 1.40 bits per heavy atom. The number of nitrogens with zero attached hydrogens (tertiary/aromatic N) is 1. The smallest absolute Gasteiger partial charge is 0 e. The molecule has 0 unspecified atom stereocenters. The molecule has 0 N–H and O–H groups in total. The normalized spacial score (nSPS) is 8.55. The van der Waals surface area contributed by atoms with Gasteiger partial charge in [0.05, 0.1) is 0 Å². The number of hydrogen-bond acceptors (Lipinski definition) is 0. The minimum absolute atomic E-state index is 0. The summed E-state index contributed by atoms with van der Waals surface area (Å²) in [5.74, 6) is 0. The predicted molar refractivity (Wildman–Crippen MR) is 60.4 cm³/mol. The summed E-state index contributed by atoms with van der Waals surface area (Å²) in [4.78, 5) is 4.42. The van der Waals surface area contributed by atoms with E-state index in [9.17, 15) is 0 Å². The molecule has 0 bridgehead atoms. The van der Waals surface area contributed by atoms with E-state index in [0.29, 0.717) is 0 Å². The Morgan fingerprint density at radius 1 is 0.900 bits per heavy atom. The minimum atomic E-state index is 0. The van der Waals surface area contributed by atoms with Gasteiger partial charge < -0.3 is 4.98 Å². The molecule has 1 aromatic heterocycles. The van der Waals surface area contributed by atoms with Crippen molar-refractivity contribution in [3.8, 4) is 0 Å². The van der Waals surface area contributed by atoms with E-state index in [1.807, 2.05) is 18.3 Å². The second-order valence-corrected chi connectivity index (χ2v) is 4.74. The van der Waals surface area contributed by atoms with E-state index < -0.39 is 0 Å². The van der Waals surface area contributed by atoms with Gasteiger partial charge in [-0.1, -0.05) is 37.8 Å². The Morgan fingerprint density at radius 3 is 1.85 bits per heavy atom. The van der Waals surface area contributed by atoms with Crippen LogP contribution in [0.1, 0.15) is 31.9 Å². The van der Waals surface area contributed by atoms with Crippen molar-refractivity contribution >= 4 is 10.9 Å². The van der Waals surface area contributed by atoms with Crippen LogP contribution in [0.3, 0.4) is 0 Å². The zero-order chi connectivity index (χ0) is 10.3. The predicted octanol–water partition coefficient (Wildman–Crippen LogP) is 3.26. The van der Waals surface area contributed by atoms with Crippen molar-refractivity contribution in [3.05, 3.63) is 42.4 Å². The molecule has 0 spiro atoms. The molecule has 20 heavy (non-hydrogen) atoms. The van der Waals surface area contributed by atoms with E-state index >= 15 is 0 Å². The number of aromatic nitrogens is 1. The summed E-state index contributed by atoms with van der Waals surface area (Å²) < 4.78 is 0. The molecule has 7 heteroatoms.